The molecule has 0 aromatic heterocycles. The van der Waals surface area contributed by atoms with Gasteiger partial charge in [-0.15, -0.1) is 0 Å². The molecule has 0 amide bonds. The Morgan fingerprint density at radius 1 is 1.24 bits per heavy atom. The van der Waals surface area contributed by atoms with Crippen LogP contribution in [0, 0.1) is 0 Å². The van der Waals surface area contributed by atoms with E-state index in [0.29, 0.717) is 11.3 Å². The first kappa shape index (κ1) is 12.0. The van der Waals surface area contributed by atoms with Crippen LogP contribution in [0.1, 0.15) is 42.5 Å². The highest BCUT2D eigenvalue weighted by Crippen LogP contribution is 2.28. The van der Waals surface area contributed by atoms with Crippen LogP contribution in [0.25, 0.3) is 0 Å². The smallest absolute Gasteiger partial charge is 0.153 e. The Bertz CT molecular complexity index is 381. The van der Waals surface area contributed by atoms with Gasteiger partial charge in [-0.05, 0) is 37.8 Å². The van der Waals surface area contributed by atoms with Crippen LogP contribution >= 0.6 is 0 Å². The summed E-state index contributed by atoms with van der Waals surface area (Å²) >= 11 is 0. The van der Waals surface area contributed by atoms with Gasteiger partial charge >= 0.3 is 0 Å². The molecule has 3 heteroatoms. The fourth-order valence-electron chi connectivity index (χ4n) is 2.20. The van der Waals surface area contributed by atoms with E-state index in [-0.39, 0.29) is 6.10 Å². The van der Waals surface area contributed by atoms with Crippen molar-refractivity contribution < 1.29 is 14.3 Å². The maximum atomic E-state index is 10.9. The number of methoxy groups -OCH3 is 1. The minimum Gasteiger partial charge on any atom is -0.497 e. The third kappa shape index (κ3) is 2.99. The summed E-state index contributed by atoms with van der Waals surface area (Å²) in [5, 5.41) is 0. The van der Waals surface area contributed by atoms with E-state index in [2.05, 4.69) is 0 Å². The van der Waals surface area contributed by atoms with Crippen molar-refractivity contribution in [3.8, 4) is 11.5 Å². The molecule has 0 radical (unpaired) electrons. The summed E-state index contributed by atoms with van der Waals surface area (Å²) in [5.74, 6) is 1.37. The first-order valence-corrected chi connectivity index (χ1v) is 6.13. The summed E-state index contributed by atoms with van der Waals surface area (Å²) in [6, 6.07) is 5.31. The van der Waals surface area contributed by atoms with E-state index in [0.717, 1.165) is 24.9 Å². The highest BCUT2D eigenvalue weighted by Gasteiger charge is 2.16. The average molecular weight is 234 g/mol. The third-order valence-corrected chi connectivity index (χ3v) is 3.19. The van der Waals surface area contributed by atoms with Crippen LogP contribution in [0.2, 0.25) is 0 Å². The predicted octanol–water partition coefficient (Wildman–Crippen LogP) is 3.22. The molecule has 0 saturated heterocycles. The van der Waals surface area contributed by atoms with Crippen molar-refractivity contribution in [3.63, 3.8) is 0 Å². The van der Waals surface area contributed by atoms with Crippen molar-refractivity contribution in [3.05, 3.63) is 23.8 Å². The molecular formula is C14H18O3. The van der Waals surface area contributed by atoms with Crippen molar-refractivity contribution in [2.24, 2.45) is 0 Å². The lowest BCUT2D eigenvalue weighted by molar-refractivity contribution is 0.111. The van der Waals surface area contributed by atoms with Crippen LogP contribution in [0.4, 0.5) is 0 Å². The Morgan fingerprint density at radius 2 is 2.00 bits per heavy atom. The Labute approximate surface area is 102 Å². The SMILES string of the molecule is COc1ccc(C=O)c(OC2CCCCC2)c1. The summed E-state index contributed by atoms with van der Waals surface area (Å²) in [5.41, 5.74) is 0.594. The number of hydrogen-bond donors (Lipinski definition) is 0. The second kappa shape index (κ2) is 5.71. The highest BCUT2D eigenvalue weighted by molar-refractivity contribution is 5.79. The van der Waals surface area contributed by atoms with Crippen LogP contribution in [0.5, 0.6) is 11.5 Å². The van der Waals surface area contributed by atoms with Gasteiger partial charge < -0.3 is 9.47 Å². The zero-order valence-electron chi connectivity index (χ0n) is 10.1. The van der Waals surface area contributed by atoms with Gasteiger partial charge in [0.1, 0.15) is 11.5 Å². The van der Waals surface area contributed by atoms with E-state index in [4.69, 9.17) is 9.47 Å². The molecular weight excluding hydrogens is 216 g/mol. The van der Waals surface area contributed by atoms with Crippen molar-refractivity contribution in [1.29, 1.82) is 0 Å². The predicted molar refractivity (Wildman–Crippen MR) is 65.9 cm³/mol. The molecule has 1 aromatic carbocycles. The summed E-state index contributed by atoms with van der Waals surface area (Å²) < 4.78 is 11.1. The number of ether oxygens (including phenoxy) is 2. The molecule has 3 nitrogen and oxygen atoms in total. The fourth-order valence-corrected chi connectivity index (χ4v) is 2.20. The summed E-state index contributed by atoms with van der Waals surface area (Å²) in [4.78, 5) is 10.9. The number of aldehydes is 1. The van der Waals surface area contributed by atoms with Gasteiger partial charge in [-0.2, -0.15) is 0 Å². The van der Waals surface area contributed by atoms with Crippen molar-refractivity contribution in [1.82, 2.24) is 0 Å². The quantitative estimate of drug-likeness (QED) is 0.750. The Balaban J connectivity index is 2.14. The Kier molecular flexibility index (Phi) is 4.02. The molecule has 1 saturated carbocycles. The van der Waals surface area contributed by atoms with E-state index >= 15 is 0 Å². The molecule has 0 unspecified atom stereocenters. The van der Waals surface area contributed by atoms with Gasteiger partial charge in [0.15, 0.2) is 6.29 Å². The van der Waals surface area contributed by atoms with Crippen molar-refractivity contribution in [2.75, 3.05) is 7.11 Å². The number of benzene rings is 1. The van der Waals surface area contributed by atoms with E-state index in [1.807, 2.05) is 0 Å². The van der Waals surface area contributed by atoms with Gasteiger partial charge in [-0.25, -0.2) is 0 Å². The monoisotopic (exact) mass is 234 g/mol. The van der Waals surface area contributed by atoms with E-state index < -0.39 is 0 Å². The molecule has 1 fully saturated rings. The van der Waals surface area contributed by atoms with Gasteiger partial charge in [0.05, 0.1) is 18.8 Å². The van der Waals surface area contributed by atoms with Gasteiger partial charge in [-0.3, -0.25) is 4.79 Å². The van der Waals surface area contributed by atoms with Crippen LogP contribution in [0.15, 0.2) is 18.2 Å². The van der Waals surface area contributed by atoms with Gasteiger partial charge in [0, 0.05) is 6.07 Å². The molecule has 0 spiro atoms. The first-order valence-electron chi connectivity index (χ1n) is 6.13. The van der Waals surface area contributed by atoms with Gasteiger partial charge in [0.2, 0.25) is 0 Å². The van der Waals surface area contributed by atoms with Crippen LogP contribution < -0.4 is 9.47 Å². The van der Waals surface area contributed by atoms with Crippen LogP contribution in [-0.2, 0) is 0 Å². The molecule has 0 N–H and O–H groups in total. The minimum atomic E-state index is 0.245. The lowest BCUT2D eigenvalue weighted by atomic mass is 9.98. The van der Waals surface area contributed by atoms with E-state index in [1.54, 1.807) is 25.3 Å². The normalized spacial score (nSPS) is 16.5. The lowest BCUT2D eigenvalue weighted by Crippen LogP contribution is -2.20. The Hall–Kier alpha value is -1.51. The topological polar surface area (TPSA) is 35.5 Å². The van der Waals surface area contributed by atoms with Crippen molar-refractivity contribution >= 4 is 6.29 Å². The zero-order valence-corrected chi connectivity index (χ0v) is 10.1. The molecule has 0 atom stereocenters. The molecule has 0 heterocycles. The molecule has 1 aliphatic carbocycles. The first-order chi connectivity index (χ1) is 8.33. The zero-order chi connectivity index (χ0) is 12.1. The molecule has 1 aliphatic rings. The van der Waals surface area contributed by atoms with Gasteiger partial charge in [-0.1, -0.05) is 6.42 Å². The lowest BCUT2D eigenvalue weighted by Gasteiger charge is -2.23. The van der Waals surface area contributed by atoms with E-state index in [1.165, 1.54) is 19.3 Å². The molecule has 0 aliphatic heterocycles. The molecule has 2 rings (SSSR count). The second-order valence-corrected chi connectivity index (χ2v) is 4.40. The highest BCUT2D eigenvalue weighted by atomic mass is 16.5. The summed E-state index contributed by atoms with van der Waals surface area (Å²) in [6.45, 7) is 0. The molecule has 0 bridgehead atoms. The molecule has 92 valence electrons. The number of carbonyl (C=O) groups is 1. The fraction of sp³-hybridized carbons (Fsp3) is 0.500. The average Bonchev–Trinajstić information content (AvgIpc) is 2.40. The van der Waals surface area contributed by atoms with E-state index in [9.17, 15) is 4.79 Å². The number of carbonyl (C=O) groups excluding carboxylic acids is 1. The summed E-state index contributed by atoms with van der Waals surface area (Å²) in [6.07, 6.45) is 6.95. The largest absolute Gasteiger partial charge is 0.497 e. The van der Waals surface area contributed by atoms with Crippen LogP contribution in [0.3, 0.4) is 0 Å². The second-order valence-electron chi connectivity index (χ2n) is 4.40. The van der Waals surface area contributed by atoms with Gasteiger partial charge in [0.25, 0.3) is 0 Å². The number of hydrogen-bond acceptors (Lipinski definition) is 3. The third-order valence-electron chi connectivity index (χ3n) is 3.19. The molecule has 1 aromatic rings. The summed E-state index contributed by atoms with van der Waals surface area (Å²) in [7, 11) is 1.61. The Morgan fingerprint density at radius 3 is 2.65 bits per heavy atom. The van der Waals surface area contributed by atoms with Crippen LogP contribution in [-0.4, -0.2) is 19.5 Å². The maximum absolute atomic E-state index is 10.9. The maximum Gasteiger partial charge on any atom is 0.153 e. The van der Waals surface area contributed by atoms with Crippen molar-refractivity contribution in [2.45, 2.75) is 38.2 Å². The standard InChI is InChI=1S/C14H18O3/c1-16-13-8-7-11(10-15)14(9-13)17-12-5-3-2-4-6-12/h7-10,12H,2-6H2,1H3. The minimum absolute atomic E-state index is 0.245. The molecule has 17 heavy (non-hydrogen) atoms. The number of rotatable bonds is 4.